The van der Waals surface area contributed by atoms with E-state index in [4.69, 9.17) is 0 Å². The van der Waals surface area contributed by atoms with Crippen molar-refractivity contribution in [1.29, 1.82) is 0 Å². The SMILES string of the molecule is Brc1ccc(CNCc2ccc3c(c2)CCN3)s1. The van der Waals surface area contributed by atoms with E-state index in [1.807, 2.05) is 0 Å². The summed E-state index contributed by atoms with van der Waals surface area (Å²) >= 11 is 5.27. The molecule has 0 fully saturated rings. The Balaban J connectivity index is 1.57. The predicted molar refractivity (Wildman–Crippen MR) is 81.2 cm³/mol. The first-order chi connectivity index (χ1) is 8.81. The van der Waals surface area contributed by atoms with E-state index in [-0.39, 0.29) is 0 Å². The molecule has 0 saturated carbocycles. The first kappa shape index (κ1) is 12.2. The number of hydrogen-bond acceptors (Lipinski definition) is 3. The zero-order chi connectivity index (χ0) is 12.4. The molecule has 2 heterocycles. The maximum atomic E-state index is 3.49. The number of fused-ring (bicyclic) bond motifs is 1. The Morgan fingerprint density at radius 3 is 3.00 bits per heavy atom. The molecule has 2 aromatic rings. The van der Waals surface area contributed by atoms with Gasteiger partial charge in [-0.15, -0.1) is 11.3 Å². The van der Waals surface area contributed by atoms with Crippen LogP contribution in [0, 0.1) is 0 Å². The van der Waals surface area contributed by atoms with Crippen molar-refractivity contribution in [2.45, 2.75) is 19.5 Å². The van der Waals surface area contributed by atoms with Gasteiger partial charge >= 0.3 is 0 Å². The normalized spacial score (nSPS) is 13.4. The summed E-state index contributed by atoms with van der Waals surface area (Å²) in [6.07, 6.45) is 1.15. The fourth-order valence-electron chi connectivity index (χ4n) is 2.24. The highest BCUT2D eigenvalue weighted by Crippen LogP contribution is 2.24. The minimum Gasteiger partial charge on any atom is -0.384 e. The minimum atomic E-state index is 0.933. The smallest absolute Gasteiger partial charge is 0.0701 e. The molecule has 0 bridgehead atoms. The number of halogens is 1. The van der Waals surface area contributed by atoms with E-state index in [0.717, 1.165) is 26.1 Å². The molecule has 1 aromatic heterocycles. The van der Waals surface area contributed by atoms with Crippen molar-refractivity contribution in [3.05, 3.63) is 50.1 Å². The second kappa shape index (κ2) is 5.43. The fourth-order valence-corrected chi connectivity index (χ4v) is 3.70. The summed E-state index contributed by atoms with van der Waals surface area (Å²) in [5.74, 6) is 0. The van der Waals surface area contributed by atoms with Crippen molar-refractivity contribution in [1.82, 2.24) is 5.32 Å². The lowest BCUT2D eigenvalue weighted by Crippen LogP contribution is -2.11. The molecule has 0 atom stereocenters. The fraction of sp³-hybridized carbons (Fsp3) is 0.286. The minimum absolute atomic E-state index is 0.933. The number of anilines is 1. The highest BCUT2D eigenvalue weighted by Gasteiger charge is 2.09. The average Bonchev–Trinajstić information content (AvgIpc) is 2.97. The van der Waals surface area contributed by atoms with E-state index in [2.05, 4.69) is 56.9 Å². The quantitative estimate of drug-likeness (QED) is 0.895. The van der Waals surface area contributed by atoms with Crippen molar-refractivity contribution in [3.8, 4) is 0 Å². The van der Waals surface area contributed by atoms with Crippen LogP contribution in [0.4, 0.5) is 5.69 Å². The van der Waals surface area contributed by atoms with Gasteiger partial charge in [-0.05, 0) is 51.7 Å². The van der Waals surface area contributed by atoms with Gasteiger partial charge in [-0.3, -0.25) is 0 Å². The third-order valence-corrected chi connectivity index (χ3v) is 4.76. The van der Waals surface area contributed by atoms with E-state index in [0.29, 0.717) is 0 Å². The van der Waals surface area contributed by atoms with Crippen LogP contribution in [-0.2, 0) is 19.5 Å². The second-order valence-corrected chi connectivity index (χ2v) is 7.03. The molecule has 2 nitrogen and oxygen atoms in total. The maximum Gasteiger partial charge on any atom is 0.0701 e. The zero-order valence-electron chi connectivity index (χ0n) is 10.0. The van der Waals surface area contributed by atoms with E-state index >= 15 is 0 Å². The van der Waals surface area contributed by atoms with Crippen molar-refractivity contribution < 1.29 is 0 Å². The van der Waals surface area contributed by atoms with Crippen LogP contribution in [0.5, 0.6) is 0 Å². The molecule has 4 heteroatoms. The summed E-state index contributed by atoms with van der Waals surface area (Å²) in [5, 5.41) is 6.88. The Morgan fingerprint density at radius 1 is 1.22 bits per heavy atom. The average molecular weight is 323 g/mol. The lowest BCUT2D eigenvalue weighted by molar-refractivity contribution is 0.700. The van der Waals surface area contributed by atoms with Gasteiger partial charge in [-0.1, -0.05) is 12.1 Å². The number of nitrogens with one attached hydrogen (secondary N) is 2. The summed E-state index contributed by atoms with van der Waals surface area (Å²) < 4.78 is 1.20. The van der Waals surface area contributed by atoms with Crippen molar-refractivity contribution in [3.63, 3.8) is 0 Å². The first-order valence-corrected chi connectivity index (χ1v) is 7.73. The van der Waals surface area contributed by atoms with Crippen molar-refractivity contribution in [2.75, 3.05) is 11.9 Å². The lowest BCUT2D eigenvalue weighted by atomic mass is 10.1. The number of hydrogen-bond donors (Lipinski definition) is 2. The maximum absolute atomic E-state index is 3.49. The largest absolute Gasteiger partial charge is 0.384 e. The molecule has 94 valence electrons. The summed E-state index contributed by atoms with van der Waals surface area (Å²) in [4.78, 5) is 1.37. The number of benzene rings is 1. The lowest BCUT2D eigenvalue weighted by Gasteiger charge is -2.06. The van der Waals surface area contributed by atoms with Gasteiger partial charge in [0.15, 0.2) is 0 Å². The molecule has 0 spiro atoms. The summed E-state index contributed by atoms with van der Waals surface area (Å²) in [7, 11) is 0. The van der Waals surface area contributed by atoms with Crippen LogP contribution < -0.4 is 10.6 Å². The summed E-state index contributed by atoms with van der Waals surface area (Å²) in [6, 6.07) is 11.0. The van der Waals surface area contributed by atoms with E-state index < -0.39 is 0 Å². The van der Waals surface area contributed by atoms with Gasteiger partial charge in [0.25, 0.3) is 0 Å². The number of thiophene rings is 1. The van der Waals surface area contributed by atoms with Crippen LogP contribution in [-0.4, -0.2) is 6.54 Å². The van der Waals surface area contributed by atoms with Gasteiger partial charge in [0, 0.05) is 30.2 Å². The Bertz CT molecular complexity index is 550. The Labute approximate surface area is 120 Å². The van der Waals surface area contributed by atoms with Crippen LogP contribution >= 0.6 is 27.3 Å². The van der Waals surface area contributed by atoms with Gasteiger partial charge < -0.3 is 10.6 Å². The van der Waals surface area contributed by atoms with Crippen LogP contribution in [0.25, 0.3) is 0 Å². The summed E-state index contributed by atoms with van der Waals surface area (Å²) in [5.41, 5.74) is 4.13. The van der Waals surface area contributed by atoms with Crippen LogP contribution in [0.15, 0.2) is 34.1 Å². The van der Waals surface area contributed by atoms with Crippen molar-refractivity contribution >= 4 is 33.0 Å². The van der Waals surface area contributed by atoms with E-state index in [9.17, 15) is 0 Å². The Hall–Kier alpha value is -0.840. The molecule has 18 heavy (non-hydrogen) atoms. The molecular formula is C14H15BrN2S. The molecule has 0 aliphatic carbocycles. The zero-order valence-corrected chi connectivity index (χ0v) is 12.4. The van der Waals surface area contributed by atoms with Crippen LogP contribution in [0.3, 0.4) is 0 Å². The molecule has 3 rings (SSSR count). The van der Waals surface area contributed by atoms with Gasteiger partial charge in [-0.25, -0.2) is 0 Å². The van der Waals surface area contributed by atoms with E-state index in [1.165, 1.54) is 25.5 Å². The van der Waals surface area contributed by atoms with Crippen molar-refractivity contribution in [2.24, 2.45) is 0 Å². The van der Waals surface area contributed by atoms with Gasteiger partial charge in [-0.2, -0.15) is 0 Å². The third-order valence-electron chi connectivity index (χ3n) is 3.14. The second-order valence-electron chi connectivity index (χ2n) is 4.48. The molecule has 1 aromatic carbocycles. The topological polar surface area (TPSA) is 24.1 Å². The van der Waals surface area contributed by atoms with Gasteiger partial charge in [0.1, 0.15) is 0 Å². The molecule has 1 aliphatic heterocycles. The molecule has 0 unspecified atom stereocenters. The highest BCUT2D eigenvalue weighted by molar-refractivity contribution is 9.11. The standard InChI is InChI=1S/C14H15BrN2S/c15-14-4-2-12(18-14)9-16-8-10-1-3-13-11(7-10)5-6-17-13/h1-4,7,16-17H,5-6,8-9H2. The molecular weight excluding hydrogens is 308 g/mol. The summed E-state index contributed by atoms with van der Waals surface area (Å²) in [6.45, 7) is 2.95. The number of rotatable bonds is 4. The predicted octanol–water partition coefficient (Wildman–Crippen LogP) is 3.77. The molecule has 1 aliphatic rings. The Kier molecular flexibility index (Phi) is 3.68. The monoisotopic (exact) mass is 322 g/mol. The first-order valence-electron chi connectivity index (χ1n) is 6.12. The molecule has 0 amide bonds. The van der Waals surface area contributed by atoms with Crippen LogP contribution in [0.1, 0.15) is 16.0 Å². The molecule has 0 radical (unpaired) electrons. The van der Waals surface area contributed by atoms with Crippen LogP contribution in [0.2, 0.25) is 0 Å². The highest BCUT2D eigenvalue weighted by atomic mass is 79.9. The third kappa shape index (κ3) is 2.76. The van der Waals surface area contributed by atoms with Gasteiger partial charge in [0.05, 0.1) is 3.79 Å². The molecule has 0 saturated heterocycles. The van der Waals surface area contributed by atoms with Gasteiger partial charge in [0.2, 0.25) is 0 Å². The Morgan fingerprint density at radius 2 is 2.17 bits per heavy atom. The van der Waals surface area contributed by atoms with E-state index in [1.54, 1.807) is 11.3 Å². The molecule has 2 N–H and O–H groups in total.